The van der Waals surface area contributed by atoms with Crippen LogP contribution < -0.4 is 10.1 Å². The number of ether oxygens (including phenoxy) is 1. The molecule has 2 rings (SSSR count). The molecule has 0 aliphatic carbocycles. The maximum Gasteiger partial charge on any atom is 0.119 e. The maximum atomic E-state index is 5.82. The van der Waals surface area contributed by atoms with Crippen LogP contribution >= 0.6 is 0 Å². The van der Waals surface area contributed by atoms with Gasteiger partial charge in [-0.05, 0) is 29.8 Å². The molecule has 20 heavy (non-hydrogen) atoms. The average Bonchev–Trinajstić information content (AvgIpc) is 2.52. The van der Waals surface area contributed by atoms with Crippen molar-refractivity contribution in [1.82, 2.24) is 5.32 Å². The zero-order chi connectivity index (χ0) is 14.2. The quantitative estimate of drug-likeness (QED) is 0.821. The predicted octanol–water partition coefficient (Wildman–Crippen LogP) is 3.98. The Labute approximate surface area is 121 Å². The Bertz CT molecular complexity index is 493. The summed E-state index contributed by atoms with van der Waals surface area (Å²) in [4.78, 5) is 0. The van der Waals surface area contributed by atoms with Crippen molar-refractivity contribution in [2.45, 2.75) is 13.8 Å². The molecule has 2 heteroatoms. The first kappa shape index (κ1) is 14.6. The van der Waals surface area contributed by atoms with Crippen LogP contribution in [-0.4, -0.2) is 19.7 Å². The van der Waals surface area contributed by atoms with E-state index in [0.29, 0.717) is 5.92 Å². The number of hydrogen-bond donors (Lipinski definition) is 1. The second-order valence-corrected chi connectivity index (χ2v) is 5.11. The summed E-state index contributed by atoms with van der Waals surface area (Å²) in [5, 5.41) is 3.33. The molecule has 0 aliphatic rings. The van der Waals surface area contributed by atoms with E-state index < -0.39 is 0 Å². The van der Waals surface area contributed by atoms with Gasteiger partial charge in [0.25, 0.3) is 0 Å². The van der Waals surface area contributed by atoms with E-state index in [-0.39, 0.29) is 0 Å². The molecule has 0 spiro atoms. The van der Waals surface area contributed by atoms with Crippen LogP contribution in [0.3, 0.4) is 0 Å². The van der Waals surface area contributed by atoms with Gasteiger partial charge in [0.2, 0.25) is 0 Å². The second kappa shape index (κ2) is 7.71. The van der Waals surface area contributed by atoms with Crippen LogP contribution in [0, 0.1) is 5.92 Å². The predicted molar refractivity (Wildman–Crippen MR) is 85.1 cm³/mol. The highest BCUT2D eigenvalue weighted by Gasteiger charge is 2.03. The minimum atomic E-state index is 0.517. The fraction of sp³-hybridized carbons (Fsp3) is 0.333. The van der Waals surface area contributed by atoms with Gasteiger partial charge in [0.15, 0.2) is 0 Å². The van der Waals surface area contributed by atoms with Crippen molar-refractivity contribution in [2.75, 3.05) is 19.7 Å². The van der Waals surface area contributed by atoms with E-state index in [4.69, 9.17) is 4.74 Å². The molecule has 0 aliphatic heterocycles. The molecule has 2 aromatic rings. The molecular formula is C18H23NO. The van der Waals surface area contributed by atoms with Crippen LogP contribution in [0.5, 0.6) is 5.75 Å². The third-order valence-electron chi connectivity index (χ3n) is 3.24. The fourth-order valence-electron chi connectivity index (χ4n) is 2.06. The van der Waals surface area contributed by atoms with Crippen LogP contribution in [0.25, 0.3) is 11.1 Å². The Hall–Kier alpha value is -1.80. The molecule has 0 radical (unpaired) electrons. The van der Waals surface area contributed by atoms with E-state index in [0.717, 1.165) is 25.4 Å². The van der Waals surface area contributed by atoms with Crippen molar-refractivity contribution >= 4 is 0 Å². The van der Waals surface area contributed by atoms with E-state index >= 15 is 0 Å². The SMILES string of the molecule is CCNCC(C)COc1ccc(-c2ccccc2)cc1. The minimum absolute atomic E-state index is 0.517. The average molecular weight is 269 g/mol. The highest BCUT2D eigenvalue weighted by atomic mass is 16.5. The van der Waals surface area contributed by atoms with Crippen molar-refractivity contribution in [3.8, 4) is 16.9 Å². The van der Waals surface area contributed by atoms with Crippen LogP contribution in [0.2, 0.25) is 0 Å². The summed E-state index contributed by atoms with van der Waals surface area (Å²) in [6.45, 7) is 7.07. The van der Waals surface area contributed by atoms with Crippen LogP contribution in [-0.2, 0) is 0 Å². The molecule has 0 amide bonds. The van der Waals surface area contributed by atoms with E-state index in [9.17, 15) is 0 Å². The summed E-state index contributed by atoms with van der Waals surface area (Å²) in [5.74, 6) is 1.46. The summed E-state index contributed by atoms with van der Waals surface area (Å²) in [7, 11) is 0. The summed E-state index contributed by atoms with van der Waals surface area (Å²) < 4.78 is 5.82. The highest BCUT2D eigenvalue weighted by Crippen LogP contribution is 2.22. The lowest BCUT2D eigenvalue weighted by Crippen LogP contribution is -2.24. The van der Waals surface area contributed by atoms with Crippen molar-refractivity contribution in [3.63, 3.8) is 0 Å². The van der Waals surface area contributed by atoms with Crippen LogP contribution in [0.1, 0.15) is 13.8 Å². The van der Waals surface area contributed by atoms with Gasteiger partial charge in [0, 0.05) is 12.5 Å². The third-order valence-corrected chi connectivity index (χ3v) is 3.24. The second-order valence-electron chi connectivity index (χ2n) is 5.11. The summed E-state index contributed by atoms with van der Waals surface area (Å²) in [6, 6.07) is 18.7. The Balaban J connectivity index is 1.89. The van der Waals surface area contributed by atoms with Crippen molar-refractivity contribution in [2.24, 2.45) is 5.92 Å². The third kappa shape index (κ3) is 4.39. The number of hydrogen-bond acceptors (Lipinski definition) is 2. The van der Waals surface area contributed by atoms with E-state index in [1.807, 2.05) is 18.2 Å². The Morgan fingerprint density at radius 3 is 2.25 bits per heavy atom. The van der Waals surface area contributed by atoms with Gasteiger partial charge in [-0.1, -0.05) is 56.3 Å². The Morgan fingerprint density at radius 1 is 0.950 bits per heavy atom. The van der Waals surface area contributed by atoms with Gasteiger partial charge >= 0.3 is 0 Å². The van der Waals surface area contributed by atoms with Gasteiger partial charge in [-0.3, -0.25) is 0 Å². The molecule has 0 fully saturated rings. The topological polar surface area (TPSA) is 21.3 Å². The molecule has 0 aromatic heterocycles. The lowest BCUT2D eigenvalue weighted by Gasteiger charge is -2.13. The fourth-order valence-corrected chi connectivity index (χ4v) is 2.06. The van der Waals surface area contributed by atoms with Gasteiger partial charge in [-0.2, -0.15) is 0 Å². The molecule has 0 saturated heterocycles. The monoisotopic (exact) mass is 269 g/mol. The first-order chi connectivity index (χ1) is 9.79. The van der Waals surface area contributed by atoms with Crippen molar-refractivity contribution in [1.29, 1.82) is 0 Å². The zero-order valence-electron chi connectivity index (χ0n) is 12.3. The van der Waals surface area contributed by atoms with E-state index in [1.165, 1.54) is 11.1 Å². The van der Waals surface area contributed by atoms with Crippen molar-refractivity contribution in [3.05, 3.63) is 54.6 Å². The first-order valence-electron chi connectivity index (χ1n) is 7.28. The summed E-state index contributed by atoms with van der Waals surface area (Å²) >= 11 is 0. The number of nitrogens with one attached hydrogen (secondary N) is 1. The first-order valence-corrected chi connectivity index (χ1v) is 7.28. The number of rotatable bonds is 7. The van der Waals surface area contributed by atoms with Crippen molar-refractivity contribution < 1.29 is 4.74 Å². The molecule has 1 unspecified atom stereocenters. The largest absolute Gasteiger partial charge is 0.493 e. The standard InChI is InChI=1S/C18H23NO/c1-3-19-13-15(2)14-20-18-11-9-17(10-12-18)16-7-5-4-6-8-16/h4-12,15,19H,3,13-14H2,1-2H3. The van der Waals surface area contributed by atoms with Gasteiger partial charge in [0.05, 0.1) is 6.61 Å². The Kier molecular flexibility index (Phi) is 5.63. The molecule has 1 atom stereocenters. The molecular weight excluding hydrogens is 246 g/mol. The highest BCUT2D eigenvalue weighted by molar-refractivity contribution is 5.63. The van der Waals surface area contributed by atoms with Gasteiger partial charge in [0.1, 0.15) is 5.75 Å². The van der Waals surface area contributed by atoms with E-state index in [1.54, 1.807) is 0 Å². The molecule has 2 nitrogen and oxygen atoms in total. The van der Waals surface area contributed by atoms with Gasteiger partial charge in [-0.15, -0.1) is 0 Å². The smallest absolute Gasteiger partial charge is 0.119 e. The molecule has 106 valence electrons. The van der Waals surface area contributed by atoms with Crippen LogP contribution in [0.4, 0.5) is 0 Å². The molecule has 2 aromatic carbocycles. The summed E-state index contributed by atoms with van der Waals surface area (Å²) in [6.07, 6.45) is 0. The zero-order valence-corrected chi connectivity index (χ0v) is 12.3. The Morgan fingerprint density at radius 2 is 1.60 bits per heavy atom. The minimum Gasteiger partial charge on any atom is -0.493 e. The number of benzene rings is 2. The lowest BCUT2D eigenvalue weighted by atomic mass is 10.1. The molecule has 0 saturated carbocycles. The molecule has 0 bridgehead atoms. The summed E-state index contributed by atoms with van der Waals surface area (Å²) in [5.41, 5.74) is 2.46. The molecule has 1 N–H and O–H groups in total. The maximum absolute atomic E-state index is 5.82. The van der Waals surface area contributed by atoms with E-state index in [2.05, 4.69) is 55.6 Å². The van der Waals surface area contributed by atoms with Gasteiger partial charge in [-0.25, -0.2) is 0 Å². The van der Waals surface area contributed by atoms with Crippen LogP contribution in [0.15, 0.2) is 54.6 Å². The normalized spacial score (nSPS) is 12.1. The van der Waals surface area contributed by atoms with Gasteiger partial charge < -0.3 is 10.1 Å². The molecule has 0 heterocycles. The lowest BCUT2D eigenvalue weighted by molar-refractivity contribution is 0.256.